The number of methoxy groups -OCH3 is 2. The van der Waals surface area contributed by atoms with Gasteiger partial charge < -0.3 is 9.47 Å². The first-order valence-corrected chi connectivity index (χ1v) is 5.58. The summed E-state index contributed by atoms with van der Waals surface area (Å²) in [6, 6.07) is 1.20. The number of rotatable bonds is 4. The molecule has 0 saturated carbocycles. The van der Waals surface area contributed by atoms with E-state index in [-0.39, 0.29) is 6.29 Å². The number of hydrogen-bond acceptors (Lipinski definition) is 4. The van der Waals surface area contributed by atoms with Gasteiger partial charge in [0.2, 0.25) is 0 Å². The van der Waals surface area contributed by atoms with Gasteiger partial charge in [0.15, 0.2) is 6.29 Å². The summed E-state index contributed by atoms with van der Waals surface area (Å²) in [6.07, 6.45) is -0.104. The van der Waals surface area contributed by atoms with Crippen LogP contribution in [0.4, 0.5) is 0 Å². The minimum atomic E-state index is -0.104. The molecule has 0 spiro atoms. The first kappa shape index (κ1) is 12.9. The van der Waals surface area contributed by atoms with E-state index in [1.165, 1.54) is 0 Å². The Morgan fingerprint density at radius 3 is 2.00 bits per heavy atom. The van der Waals surface area contributed by atoms with Gasteiger partial charge in [0, 0.05) is 45.9 Å². The van der Waals surface area contributed by atoms with E-state index in [1.54, 1.807) is 14.2 Å². The molecule has 1 aliphatic rings. The molecule has 90 valence electrons. The summed E-state index contributed by atoms with van der Waals surface area (Å²) in [5.74, 6) is 0. The van der Waals surface area contributed by atoms with E-state index >= 15 is 0 Å². The van der Waals surface area contributed by atoms with Crippen molar-refractivity contribution in [3.05, 3.63) is 0 Å². The van der Waals surface area contributed by atoms with Crippen molar-refractivity contribution in [2.75, 3.05) is 40.9 Å². The minimum Gasteiger partial charge on any atom is -0.355 e. The molecule has 2 atom stereocenters. The van der Waals surface area contributed by atoms with Crippen LogP contribution in [0.15, 0.2) is 0 Å². The Kier molecular flexibility index (Phi) is 4.99. The highest BCUT2D eigenvalue weighted by atomic mass is 16.7. The van der Waals surface area contributed by atoms with E-state index in [9.17, 15) is 0 Å². The molecule has 0 aromatic heterocycles. The Morgan fingerprint density at radius 1 is 1.13 bits per heavy atom. The number of nitrogens with zero attached hydrogens (tertiary/aromatic N) is 2. The SMILES string of the molecule is COC(CN1CC(C)N(C)C(C)C1)OC. The van der Waals surface area contributed by atoms with Crippen LogP contribution in [0.5, 0.6) is 0 Å². The highest BCUT2D eigenvalue weighted by Gasteiger charge is 2.27. The Labute approximate surface area is 93.1 Å². The predicted molar refractivity (Wildman–Crippen MR) is 60.9 cm³/mol. The zero-order valence-corrected chi connectivity index (χ0v) is 10.6. The summed E-state index contributed by atoms with van der Waals surface area (Å²) in [6.45, 7) is 7.55. The van der Waals surface area contributed by atoms with Crippen molar-refractivity contribution >= 4 is 0 Å². The fourth-order valence-corrected chi connectivity index (χ4v) is 2.12. The van der Waals surface area contributed by atoms with Gasteiger partial charge >= 0.3 is 0 Å². The molecular weight excluding hydrogens is 192 g/mol. The molecule has 0 N–H and O–H groups in total. The normalized spacial score (nSPS) is 30.0. The highest BCUT2D eigenvalue weighted by molar-refractivity contribution is 4.82. The van der Waals surface area contributed by atoms with Gasteiger partial charge in [0.25, 0.3) is 0 Å². The van der Waals surface area contributed by atoms with Crippen LogP contribution in [0, 0.1) is 0 Å². The van der Waals surface area contributed by atoms with Crippen LogP contribution in [0.3, 0.4) is 0 Å². The molecule has 1 heterocycles. The quantitative estimate of drug-likeness (QED) is 0.644. The second kappa shape index (κ2) is 5.80. The van der Waals surface area contributed by atoms with Gasteiger partial charge in [-0.25, -0.2) is 0 Å². The fourth-order valence-electron chi connectivity index (χ4n) is 2.12. The van der Waals surface area contributed by atoms with Crippen molar-refractivity contribution < 1.29 is 9.47 Å². The van der Waals surface area contributed by atoms with E-state index in [1.807, 2.05) is 0 Å². The zero-order chi connectivity index (χ0) is 11.4. The van der Waals surface area contributed by atoms with Gasteiger partial charge in [0.1, 0.15) is 0 Å². The van der Waals surface area contributed by atoms with Crippen molar-refractivity contribution in [2.45, 2.75) is 32.2 Å². The lowest BCUT2D eigenvalue weighted by Gasteiger charge is -2.43. The molecule has 0 radical (unpaired) electrons. The molecule has 1 saturated heterocycles. The fraction of sp³-hybridized carbons (Fsp3) is 1.00. The van der Waals surface area contributed by atoms with Gasteiger partial charge in [-0.3, -0.25) is 9.80 Å². The third-order valence-electron chi connectivity index (χ3n) is 3.37. The van der Waals surface area contributed by atoms with Crippen LogP contribution in [0.1, 0.15) is 13.8 Å². The number of ether oxygens (including phenoxy) is 2. The first-order chi connectivity index (χ1) is 7.08. The third kappa shape index (κ3) is 3.41. The third-order valence-corrected chi connectivity index (χ3v) is 3.37. The van der Waals surface area contributed by atoms with Crippen LogP contribution in [-0.4, -0.2) is 69.1 Å². The standard InChI is InChI=1S/C11H24N2O2/c1-9-6-13(7-10(2)12(9)3)8-11(14-4)15-5/h9-11H,6-8H2,1-5H3. The van der Waals surface area contributed by atoms with Crippen LogP contribution >= 0.6 is 0 Å². The van der Waals surface area contributed by atoms with Crippen molar-refractivity contribution in [1.82, 2.24) is 9.80 Å². The van der Waals surface area contributed by atoms with E-state index in [0.29, 0.717) is 12.1 Å². The molecule has 0 aromatic rings. The molecule has 0 amide bonds. The lowest BCUT2D eigenvalue weighted by atomic mass is 10.1. The largest absolute Gasteiger partial charge is 0.355 e. The first-order valence-electron chi connectivity index (χ1n) is 5.58. The summed E-state index contributed by atoms with van der Waals surface area (Å²) < 4.78 is 10.4. The van der Waals surface area contributed by atoms with Crippen LogP contribution in [-0.2, 0) is 9.47 Å². The van der Waals surface area contributed by atoms with Gasteiger partial charge in [-0.2, -0.15) is 0 Å². The maximum absolute atomic E-state index is 5.22. The Balaban J connectivity index is 2.43. The van der Waals surface area contributed by atoms with Gasteiger partial charge in [-0.1, -0.05) is 0 Å². The molecule has 4 nitrogen and oxygen atoms in total. The molecule has 2 unspecified atom stereocenters. The molecule has 1 rings (SSSR count). The van der Waals surface area contributed by atoms with Crippen molar-refractivity contribution in [2.24, 2.45) is 0 Å². The average molecular weight is 216 g/mol. The van der Waals surface area contributed by atoms with Crippen LogP contribution in [0.2, 0.25) is 0 Å². The number of likely N-dealkylation sites (N-methyl/N-ethyl adjacent to an activating group) is 1. The second-order valence-electron chi connectivity index (χ2n) is 4.48. The molecule has 0 aliphatic carbocycles. The summed E-state index contributed by atoms with van der Waals surface area (Å²) in [4.78, 5) is 4.83. The maximum atomic E-state index is 5.22. The molecular formula is C11H24N2O2. The monoisotopic (exact) mass is 216 g/mol. The van der Waals surface area contributed by atoms with E-state index in [4.69, 9.17) is 9.47 Å². The summed E-state index contributed by atoms with van der Waals surface area (Å²) >= 11 is 0. The molecule has 0 bridgehead atoms. The maximum Gasteiger partial charge on any atom is 0.169 e. The van der Waals surface area contributed by atoms with Gasteiger partial charge in [-0.05, 0) is 20.9 Å². The Hall–Kier alpha value is -0.160. The molecule has 1 aliphatic heterocycles. The highest BCUT2D eigenvalue weighted by Crippen LogP contribution is 2.13. The van der Waals surface area contributed by atoms with Crippen LogP contribution < -0.4 is 0 Å². The summed E-state index contributed by atoms with van der Waals surface area (Å²) in [5.41, 5.74) is 0. The predicted octanol–water partition coefficient (Wildman–Crippen LogP) is 0.630. The Morgan fingerprint density at radius 2 is 1.60 bits per heavy atom. The van der Waals surface area contributed by atoms with E-state index in [2.05, 4.69) is 30.7 Å². The van der Waals surface area contributed by atoms with Crippen LogP contribution in [0.25, 0.3) is 0 Å². The van der Waals surface area contributed by atoms with Crippen molar-refractivity contribution in [3.63, 3.8) is 0 Å². The number of piperazine rings is 1. The summed E-state index contributed by atoms with van der Waals surface area (Å²) in [7, 11) is 5.57. The van der Waals surface area contributed by atoms with Gasteiger partial charge in [-0.15, -0.1) is 0 Å². The molecule has 1 fully saturated rings. The molecule has 0 aromatic carbocycles. The van der Waals surface area contributed by atoms with Gasteiger partial charge in [0.05, 0.1) is 0 Å². The van der Waals surface area contributed by atoms with Crippen molar-refractivity contribution in [3.8, 4) is 0 Å². The average Bonchev–Trinajstić information content (AvgIpc) is 2.22. The smallest absolute Gasteiger partial charge is 0.169 e. The molecule has 4 heteroatoms. The Bertz CT molecular complexity index is 173. The van der Waals surface area contributed by atoms with E-state index < -0.39 is 0 Å². The second-order valence-corrected chi connectivity index (χ2v) is 4.48. The van der Waals surface area contributed by atoms with Crippen molar-refractivity contribution in [1.29, 1.82) is 0 Å². The molecule has 15 heavy (non-hydrogen) atoms. The van der Waals surface area contributed by atoms with E-state index in [0.717, 1.165) is 19.6 Å². The topological polar surface area (TPSA) is 24.9 Å². The lowest BCUT2D eigenvalue weighted by molar-refractivity contribution is -0.123. The number of hydrogen-bond donors (Lipinski definition) is 0. The lowest BCUT2D eigenvalue weighted by Crippen LogP contribution is -2.56. The zero-order valence-electron chi connectivity index (χ0n) is 10.6. The minimum absolute atomic E-state index is 0.104. The summed E-state index contributed by atoms with van der Waals surface area (Å²) in [5, 5.41) is 0.